The Morgan fingerprint density at radius 3 is 2.12 bits per heavy atom. The Balaban J connectivity index is 3.20. The van der Waals surface area contributed by atoms with E-state index in [2.05, 4.69) is 0 Å². The number of hydrogen-bond acceptors (Lipinski definition) is 1. The Morgan fingerprint density at radius 1 is 1.19 bits per heavy atom. The summed E-state index contributed by atoms with van der Waals surface area (Å²) in [6.07, 6.45) is -4.52. The summed E-state index contributed by atoms with van der Waals surface area (Å²) < 4.78 is 50.4. The van der Waals surface area contributed by atoms with Crippen molar-refractivity contribution < 1.29 is 17.6 Å². The molecule has 0 fully saturated rings. The van der Waals surface area contributed by atoms with E-state index >= 15 is 0 Å². The van der Waals surface area contributed by atoms with Gasteiger partial charge in [-0.2, -0.15) is 13.2 Å². The second kappa shape index (κ2) is 4.05. The van der Waals surface area contributed by atoms with Gasteiger partial charge >= 0.3 is 6.18 Å². The molecule has 0 bridgehead atoms. The van der Waals surface area contributed by atoms with Gasteiger partial charge in [0.1, 0.15) is 5.82 Å². The van der Waals surface area contributed by atoms with Crippen LogP contribution in [0, 0.1) is 5.82 Å². The van der Waals surface area contributed by atoms with Crippen LogP contribution in [0.5, 0.6) is 0 Å². The maximum Gasteiger partial charge on any atom is 0.416 e. The van der Waals surface area contributed by atoms with Crippen molar-refractivity contribution in [2.45, 2.75) is 25.4 Å². The SMILES string of the molecule is CC(C)(CN)c1ccc(C(F)(F)F)cc1F. The summed E-state index contributed by atoms with van der Waals surface area (Å²) in [5.74, 6) is -0.870. The summed E-state index contributed by atoms with van der Waals surface area (Å²) in [7, 11) is 0. The van der Waals surface area contributed by atoms with Gasteiger partial charge in [-0.05, 0) is 17.7 Å². The van der Waals surface area contributed by atoms with E-state index in [9.17, 15) is 17.6 Å². The number of halogens is 4. The van der Waals surface area contributed by atoms with Gasteiger partial charge in [-0.25, -0.2) is 4.39 Å². The second-order valence-electron chi connectivity index (χ2n) is 4.28. The van der Waals surface area contributed by atoms with Crippen LogP contribution in [0.1, 0.15) is 25.0 Å². The van der Waals surface area contributed by atoms with Crippen molar-refractivity contribution in [3.05, 3.63) is 35.1 Å². The standard InChI is InChI=1S/C11H13F4N/c1-10(2,6-16)8-4-3-7(5-9(8)12)11(13,14)15/h3-5H,6,16H2,1-2H3. The van der Waals surface area contributed by atoms with Crippen molar-refractivity contribution in [1.82, 2.24) is 0 Å². The molecule has 0 aromatic heterocycles. The minimum Gasteiger partial charge on any atom is -0.330 e. The van der Waals surface area contributed by atoms with Crippen LogP contribution in [0.15, 0.2) is 18.2 Å². The number of nitrogens with two attached hydrogens (primary N) is 1. The summed E-state index contributed by atoms with van der Waals surface area (Å²) in [5, 5.41) is 0. The molecule has 1 rings (SSSR count). The molecule has 90 valence electrons. The van der Waals surface area contributed by atoms with E-state index in [-0.39, 0.29) is 12.1 Å². The first-order valence-electron chi connectivity index (χ1n) is 4.76. The molecule has 0 amide bonds. The summed E-state index contributed by atoms with van der Waals surface area (Å²) in [6, 6.07) is 2.52. The molecule has 0 atom stereocenters. The van der Waals surface area contributed by atoms with Crippen molar-refractivity contribution in [3.8, 4) is 0 Å². The molecule has 0 radical (unpaired) electrons. The van der Waals surface area contributed by atoms with E-state index in [1.807, 2.05) is 0 Å². The van der Waals surface area contributed by atoms with Gasteiger partial charge in [-0.3, -0.25) is 0 Å². The van der Waals surface area contributed by atoms with E-state index < -0.39 is 23.0 Å². The summed E-state index contributed by atoms with van der Waals surface area (Å²) in [4.78, 5) is 0. The fraction of sp³-hybridized carbons (Fsp3) is 0.455. The van der Waals surface area contributed by atoms with Crippen LogP contribution in [0.2, 0.25) is 0 Å². The van der Waals surface area contributed by atoms with Crippen LogP contribution in [0.3, 0.4) is 0 Å². The molecule has 0 spiro atoms. The van der Waals surface area contributed by atoms with E-state index in [4.69, 9.17) is 5.73 Å². The van der Waals surface area contributed by atoms with Gasteiger partial charge in [0.15, 0.2) is 0 Å². The van der Waals surface area contributed by atoms with E-state index in [0.717, 1.165) is 12.1 Å². The lowest BCUT2D eigenvalue weighted by Gasteiger charge is -2.24. The maximum atomic E-state index is 13.5. The van der Waals surface area contributed by atoms with Gasteiger partial charge in [0.25, 0.3) is 0 Å². The third-order valence-corrected chi connectivity index (χ3v) is 2.54. The lowest BCUT2D eigenvalue weighted by atomic mass is 9.84. The minimum absolute atomic E-state index is 0.162. The third-order valence-electron chi connectivity index (χ3n) is 2.54. The zero-order valence-corrected chi connectivity index (χ0v) is 9.03. The van der Waals surface area contributed by atoms with Crippen LogP contribution in [0.4, 0.5) is 17.6 Å². The first-order chi connectivity index (χ1) is 7.18. The lowest BCUT2D eigenvalue weighted by molar-refractivity contribution is -0.137. The maximum absolute atomic E-state index is 13.5. The average molecular weight is 235 g/mol. The molecule has 5 heteroatoms. The quantitative estimate of drug-likeness (QED) is 0.783. The summed E-state index contributed by atoms with van der Waals surface area (Å²) >= 11 is 0. The Labute approximate surface area is 91.3 Å². The van der Waals surface area contributed by atoms with Gasteiger partial charge in [-0.1, -0.05) is 19.9 Å². The molecular weight excluding hydrogens is 222 g/mol. The number of alkyl halides is 3. The largest absolute Gasteiger partial charge is 0.416 e. The monoisotopic (exact) mass is 235 g/mol. The first kappa shape index (κ1) is 13.0. The molecule has 1 aromatic carbocycles. The number of benzene rings is 1. The van der Waals surface area contributed by atoms with E-state index in [1.165, 1.54) is 0 Å². The molecule has 0 unspecified atom stereocenters. The van der Waals surface area contributed by atoms with E-state index in [1.54, 1.807) is 13.8 Å². The predicted octanol–water partition coefficient (Wildman–Crippen LogP) is 3.08. The van der Waals surface area contributed by atoms with Gasteiger partial charge in [0, 0.05) is 12.0 Å². The fourth-order valence-corrected chi connectivity index (χ4v) is 1.35. The Morgan fingerprint density at radius 2 is 1.75 bits per heavy atom. The highest BCUT2D eigenvalue weighted by Gasteiger charge is 2.32. The highest BCUT2D eigenvalue weighted by Crippen LogP contribution is 2.32. The Hall–Kier alpha value is -1.10. The molecule has 16 heavy (non-hydrogen) atoms. The molecule has 1 nitrogen and oxygen atoms in total. The topological polar surface area (TPSA) is 26.0 Å². The first-order valence-corrected chi connectivity index (χ1v) is 4.76. The molecule has 0 aliphatic heterocycles. The highest BCUT2D eigenvalue weighted by molar-refractivity contribution is 5.31. The van der Waals surface area contributed by atoms with Crippen molar-refractivity contribution in [1.29, 1.82) is 0 Å². The van der Waals surface area contributed by atoms with Crippen LogP contribution >= 0.6 is 0 Å². The Kier molecular flexibility index (Phi) is 3.28. The predicted molar refractivity (Wildman–Crippen MR) is 53.5 cm³/mol. The van der Waals surface area contributed by atoms with Crippen molar-refractivity contribution in [3.63, 3.8) is 0 Å². The molecule has 0 aliphatic carbocycles. The van der Waals surface area contributed by atoms with Gasteiger partial charge in [0.05, 0.1) is 5.56 Å². The van der Waals surface area contributed by atoms with Gasteiger partial charge < -0.3 is 5.73 Å². The van der Waals surface area contributed by atoms with Crippen LogP contribution in [-0.4, -0.2) is 6.54 Å². The summed E-state index contributed by atoms with van der Waals surface area (Å²) in [5.41, 5.74) is 3.98. The zero-order valence-electron chi connectivity index (χ0n) is 9.03. The molecule has 0 heterocycles. The zero-order chi connectivity index (χ0) is 12.6. The van der Waals surface area contributed by atoms with Crippen LogP contribution in [-0.2, 0) is 11.6 Å². The van der Waals surface area contributed by atoms with Crippen molar-refractivity contribution in [2.75, 3.05) is 6.54 Å². The summed E-state index contributed by atoms with van der Waals surface area (Å²) in [6.45, 7) is 3.52. The second-order valence-corrected chi connectivity index (χ2v) is 4.28. The molecule has 1 aromatic rings. The van der Waals surface area contributed by atoms with Crippen molar-refractivity contribution in [2.24, 2.45) is 5.73 Å². The lowest BCUT2D eigenvalue weighted by Crippen LogP contribution is -2.29. The third kappa shape index (κ3) is 2.52. The average Bonchev–Trinajstić information content (AvgIpc) is 2.16. The normalized spacial score (nSPS) is 12.9. The number of hydrogen-bond donors (Lipinski definition) is 1. The fourth-order valence-electron chi connectivity index (χ4n) is 1.35. The van der Waals surface area contributed by atoms with Gasteiger partial charge in [-0.15, -0.1) is 0 Å². The highest BCUT2D eigenvalue weighted by atomic mass is 19.4. The van der Waals surface area contributed by atoms with E-state index in [0.29, 0.717) is 6.07 Å². The van der Waals surface area contributed by atoms with Crippen LogP contribution < -0.4 is 5.73 Å². The molecule has 2 N–H and O–H groups in total. The minimum atomic E-state index is -4.52. The molecular formula is C11H13F4N. The molecule has 0 saturated carbocycles. The number of rotatable bonds is 2. The molecule has 0 aliphatic rings. The smallest absolute Gasteiger partial charge is 0.330 e. The van der Waals surface area contributed by atoms with Gasteiger partial charge in [0.2, 0.25) is 0 Å². The Bertz CT molecular complexity index is 382. The van der Waals surface area contributed by atoms with Crippen LogP contribution in [0.25, 0.3) is 0 Å². The van der Waals surface area contributed by atoms with Crippen molar-refractivity contribution >= 4 is 0 Å². The molecule has 0 saturated heterocycles.